The SMILES string of the molecule is C#CCCC.C#CCCS.C#CCCSC.CCCCN=[N+]=[N-].CSCCCN=[N+]=[N-].[3H]S.[3H]SCCC#C.[3H]SCCCN=[N+]=[N-].[N-]=[N+]=NCCCS. The van der Waals surface area contributed by atoms with Crippen LogP contribution in [0.25, 0.3) is 41.8 Å². The van der Waals surface area contributed by atoms with Gasteiger partial charge in [0.2, 0.25) is 0 Å². The molecule has 0 fully saturated rings. The van der Waals surface area contributed by atoms with Crippen LogP contribution >= 0.6 is 87.2 Å². The van der Waals surface area contributed by atoms with Gasteiger partial charge in [0.1, 0.15) is 2.25 Å². The first-order valence-corrected chi connectivity index (χ1v) is 20.7. The van der Waals surface area contributed by atoms with E-state index in [1.54, 1.807) is 23.5 Å². The summed E-state index contributed by atoms with van der Waals surface area (Å²) in [7, 11) is 0. The Balaban J connectivity index is -0.0000000611. The van der Waals surface area contributed by atoms with Crippen molar-refractivity contribution in [3.8, 4) is 49.4 Å². The molecule has 51 heavy (non-hydrogen) atoms. The zero-order chi connectivity index (χ0) is 43.5. The fourth-order valence-electron chi connectivity index (χ4n) is 1.39. The molecular formula is C32H62N12S7. The van der Waals surface area contributed by atoms with Crippen LogP contribution in [0.2, 0.25) is 0 Å². The van der Waals surface area contributed by atoms with Crippen LogP contribution in [0.5, 0.6) is 0 Å². The van der Waals surface area contributed by atoms with E-state index in [-0.39, 0.29) is 0 Å². The lowest BCUT2D eigenvalue weighted by Crippen LogP contribution is -1.80. The van der Waals surface area contributed by atoms with Gasteiger partial charge in [0.25, 0.3) is 0 Å². The third-order valence-electron chi connectivity index (χ3n) is 3.64. The average Bonchev–Trinajstić information content (AvgIpc) is 3.20. The van der Waals surface area contributed by atoms with Crippen molar-refractivity contribution in [2.75, 3.05) is 73.2 Å². The first-order chi connectivity index (χ1) is 26.3. The van der Waals surface area contributed by atoms with Crippen molar-refractivity contribution in [2.45, 2.75) is 78.1 Å². The molecule has 0 aliphatic carbocycles. The Kier molecular flexibility index (Phi) is 124. The van der Waals surface area contributed by atoms with Crippen molar-refractivity contribution in [3.05, 3.63) is 41.8 Å². The van der Waals surface area contributed by atoms with E-state index in [1.165, 1.54) is 0 Å². The summed E-state index contributed by atoms with van der Waals surface area (Å²) in [4.78, 5) is 10.3. The lowest BCUT2D eigenvalue weighted by atomic mass is 10.3. The molecule has 19 heteroatoms. The van der Waals surface area contributed by atoms with Crippen molar-refractivity contribution in [2.24, 2.45) is 20.5 Å². The number of nitrogens with zero attached hydrogens (tertiary/aromatic N) is 12. The Morgan fingerprint density at radius 2 is 0.961 bits per heavy atom. The van der Waals surface area contributed by atoms with E-state index in [0.717, 1.165) is 117 Å². The van der Waals surface area contributed by atoms with Gasteiger partial charge in [0.15, 0.2) is 0 Å². The molecule has 0 saturated carbocycles. The number of rotatable bonds is 20. The van der Waals surface area contributed by atoms with Gasteiger partial charge in [0.05, 0.1) is 1.12 Å². The molecule has 0 radical (unpaired) electrons. The molecule has 292 valence electrons. The van der Waals surface area contributed by atoms with Gasteiger partial charge in [-0.25, -0.2) is 0 Å². The lowest BCUT2D eigenvalue weighted by molar-refractivity contribution is 0.802. The van der Waals surface area contributed by atoms with E-state index >= 15 is 0 Å². The summed E-state index contributed by atoms with van der Waals surface area (Å²) in [6.07, 6.45) is 32.8. The minimum Gasteiger partial charge on any atom is -0.197 e. The van der Waals surface area contributed by atoms with Gasteiger partial charge in [-0.05, 0) is 84.0 Å². The second kappa shape index (κ2) is 104. The minimum atomic E-state index is 0.516. The molecule has 0 unspecified atom stereocenters. The van der Waals surface area contributed by atoms with E-state index in [0.29, 0.717) is 32.6 Å². The van der Waals surface area contributed by atoms with E-state index in [1.807, 2.05) is 6.26 Å². The van der Waals surface area contributed by atoms with Gasteiger partial charge in [-0.3, -0.25) is 0 Å². The Bertz CT molecular complexity index is 937. The Labute approximate surface area is 351 Å². The number of hydrogen-bond donors (Lipinski definition) is 4. The van der Waals surface area contributed by atoms with Crippen molar-refractivity contribution in [1.29, 1.82) is 3.37 Å². The molecule has 0 aliphatic heterocycles. The highest BCUT2D eigenvalue weighted by Crippen LogP contribution is 1.94. The molecule has 12 nitrogen and oxygen atoms in total. The first-order valence-electron chi connectivity index (χ1n) is 16.7. The Hall–Kier alpha value is -2.07. The maximum Gasteiger partial charge on any atom is 0.102 e. The number of azide groups is 4. The molecule has 0 bridgehead atoms. The maximum absolute atomic E-state index is 7.82. The van der Waals surface area contributed by atoms with Gasteiger partial charge in [-0.1, -0.05) is 40.7 Å². The summed E-state index contributed by atoms with van der Waals surface area (Å²) in [6, 6.07) is 0. The van der Waals surface area contributed by atoms with Crippen LogP contribution in [0.1, 0.15) is 78.1 Å². The quantitative estimate of drug-likeness (QED) is 0.0237. The molecule has 0 atom stereocenters. The smallest absolute Gasteiger partial charge is 0.102 e. The lowest BCUT2D eigenvalue weighted by Gasteiger charge is -1.87. The van der Waals surface area contributed by atoms with E-state index < -0.39 is 0 Å². The molecular weight excluding hydrogens is 777 g/mol. The van der Waals surface area contributed by atoms with Crippen molar-refractivity contribution in [3.63, 3.8) is 0 Å². The van der Waals surface area contributed by atoms with Crippen molar-refractivity contribution < 1.29 is 0 Å². The highest BCUT2D eigenvalue weighted by Gasteiger charge is 1.79. The number of thiol groups is 4. The second-order valence-electron chi connectivity index (χ2n) is 7.89. The summed E-state index contributed by atoms with van der Waals surface area (Å²) in [5.41, 5.74) is 31.1. The van der Waals surface area contributed by atoms with Gasteiger partial charge in [0, 0.05) is 88.8 Å². The summed E-state index contributed by atoms with van der Waals surface area (Å²) in [5, 5.41) is 13.3. The fraction of sp³-hybridized carbons (Fsp3) is 0.750. The summed E-state index contributed by atoms with van der Waals surface area (Å²) < 4.78 is 18.6. The van der Waals surface area contributed by atoms with Crippen LogP contribution in [-0.4, -0.2) is 76.6 Å². The van der Waals surface area contributed by atoms with E-state index in [2.05, 4.69) is 123 Å². The van der Waals surface area contributed by atoms with Gasteiger partial charge >= 0.3 is 0 Å². The zero-order valence-electron chi connectivity index (χ0n) is 33.8. The number of hydrogen-bond acceptors (Lipinski definition) is 10. The van der Waals surface area contributed by atoms with Crippen LogP contribution in [0.15, 0.2) is 20.5 Å². The summed E-state index contributed by atoms with van der Waals surface area (Å²) in [5.74, 6) is 15.2. The Morgan fingerprint density at radius 3 is 1.20 bits per heavy atom. The van der Waals surface area contributed by atoms with Crippen LogP contribution in [0.3, 0.4) is 0 Å². The molecule has 0 aromatic heterocycles. The number of terminal acetylenes is 4. The molecule has 0 aromatic carbocycles. The second-order valence-corrected chi connectivity index (χ2v) is 11.6. The third-order valence-corrected chi connectivity index (χ3v) is 5.98. The number of unbranched alkanes of at least 4 members (excludes halogenated alkanes) is 2. The monoisotopic (exact) mass is 844 g/mol. The van der Waals surface area contributed by atoms with E-state index in [4.69, 9.17) is 51.2 Å². The molecule has 0 aromatic rings. The van der Waals surface area contributed by atoms with Crippen molar-refractivity contribution >= 4 is 87.2 Å². The van der Waals surface area contributed by atoms with Crippen LogP contribution in [-0.2, 0) is 0 Å². The standard InChI is InChI=1S/C5H8S.C5H8.C4H9N3S.C4H9N3.2C4H6S.2C3H7N3S.H2S/c1-3-4-5-6-2;1-3-5-4-2;1-8-4-2-3-6-7-5;1-2-3-4-6-7-5;2*1-2-3-4-5;2*4-6-5-2-1-3-7;/h1H,4-5H2,2H3;1H,4-5H2,2H3;2-4H2,1H3;2-4H2,1H3;2*1,5H,3-4H2;2*7H,1-3H2;1H2/i/hT3. The first kappa shape index (κ1) is 61.0. The number of thioether (sulfide) groups is 2. The van der Waals surface area contributed by atoms with Gasteiger partial charge in [-0.2, -0.15) is 87.2 Å². The van der Waals surface area contributed by atoms with Gasteiger partial charge in [-0.15, -0.1) is 49.4 Å². The Morgan fingerprint density at radius 1 is 0.569 bits per heavy atom. The van der Waals surface area contributed by atoms with Crippen LogP contribution < -0.4 is 0 Å². The minimum absolute atomic E-state index is 0.516. The molecule has 0 N–H and O–H groups in total. The van der Waals surface area contributed by atoms with Crippen LogP contribution in [0.4, 0.5) is 0 Å². The zero-order valence-corrected chi connectivity index (χ0v) is 36.7. The molecule has 0 amide bonds. The maximum atomic E-state index is 7.82. The molecule has 0 saturated heterocycles. The molecule has 0 aliphatic rings. The molecule has 0 rings (SSSR count). The predicted octanol–water partition coefficient (Wildman–Crippen LogP) is 12.2. The third kappa shape index (κ3) is 177. The predicted molar refractivity (Wildman–Crippen MR) is 251 cm³/mol. The van der Waals surface area contributed by atoms with Crippen LogP contribution in [0, 0.1) is 49.4 Å². The highest BCUT2D eigenvalue weighted by molar-refractivity contribution is 7.98. The highest BCUT2D eigenvalue weighted by atomic mass is 32.2. The van der Waals surface area contributed by atoms with Gasteiger partial charge < -0.3 is 0 Å². The molecule has 0 heterocycles. The fourth-order valence-corrected chi connectivity index (χ4v) is 2.65. The average molecular weight is 845 g/mol. The topological polar surface area (TPSA) is 195 Å². The summed E-state index contributed by atoms with van der Waals surface area (Å²) >= 11 is 16.2. The largest absolute Gasteiger partial charge is 0.197 e. The normalized spacial score (nSPS) is 7.78. The van der Waals surface area contributed by atoms with E-state index in [9.17, 15) is 0 Å². The summed E-state index contributed by atoms with van der Waals surface area (Å²) in [6.45, 7) is 6.50. The molecule has 0 spiro atoms. The van der Waals surface area contributed by atoms with Crippen molar-refractivity contribution in [1.82, 2.24) is 0 Å².